The zero-order valence-electron chi connectivity index (χ0n) is 34.5. The number of furan rings is 1. The van der Waals surface area contributed by atoms with Crippen LogP contribution in [0.1, 0.15) is 22.3 Å². The Morgan fingerprint density at radius 3 is 1.44 bits per heavy atom. The molecule has 1 aliphatic carbocycles. The van der Waals surface area contributed by atoms with E-state index >= 15 is 0 Å². The Balaban J connectivity index is 1.01. The average Bonchev–Trinajstić information content (AvgIpc) is 3.89. The number of para-hydroxylation sites is 1. The van der Waals surface area contributed by atoms with Crippen molar-refractivity contribution in [3.63, 3.8) is 0 Å². The summed E-state index contributed by atoms with van der Waals surface area (Å²) in [6.45, 7) is 0. The molecule has 63 heavy (non-hydrogen) atoms. The maximum atomic E-state index is 6.21. The Morgan fingerprint density at radius 2 is 0.762 bits per heavy atom. The van der Waals surface area contributed by atoms with Crippen LogP contribution in [0.4, 0.5) is 17.1 Å². The minimum absolute atomic E-state index is 0.471. The molecular weight excluding hydrogens is 763 g/mol. The molecule has 11 aromatic rings. The molecule has 2 heteroatoms. The van der Waals surface area contributed by atoms with Crippen LogP contribution in [-0.2, 0) is 5.41 Å². The van der Waals surface area contributed by atoms with Gasteiger partial charge in [-0.3, -0.25) is 0 Å². The summed E-state index contributed by atoms with van der Waals surface area (Å²) >= 11 is 0. The number of nitrogens with zero attached hydrogens (tertiary/aromatic N) is 1. The maximum Gasteiger partial charge on any atom is 0.135 e. The highest BCUT2D eigenvalue weighted by atomic mass is 16.3. The summed E-state index contributed by atoms with van der Waals surface area (Å²) in [6.07, 6.45) is 0. The van der Waals surface area contributed by atoms with Crippen LogP contribution in [0.2, 0.25) is 0 Å². The normalized spacial score (nSPS) is 12.6. The number of hydrogen-bond donors (Lipinski definition) is 0. The fourth-order valence-electron chi connectivity index (χ4n) is 10.1. The minimum Gasteiger partial charge on any atom is -0.456 e. The Labute approximate surface area is 367 Å². The van der Waals surface area contributed by atoms with Gasteiger partial charge < -0.3 is 9.32 Å². The van der Waals surface area contributed by atoms with E-state index in [0.29, 0.717) is 0 Å². The van der Waals surface area contributed by atoms with Gasteiger partial charge in [0.25, 0.3) is 0 Å². The van der Waals surface area contributed by atoms with Crippen LogP contribution in [-0.4, -0.2) is 0 Å². The first kappa shape index (κ1) is 36.6. The molecule has 1 heterocycles. The second-order valence-electron chi connectivity index (χ2n) is 16.4. The number of hydrogen-bond acceptors (Lipinski definition) is 2. The predicted molar refractivity (Wildman–Crippen MR) is 262 cm³/mol. The van der Waals surface area contributed by atoms with Crippen LogP contribution in [0.5, 0.6) is 0 Å². The molecule has 0 saturated carbocycles. The largest absolute Gasteiger partial charge is 0.456 e. The first-order valence-electron chi connectivity index (χ1n) is 21.7. The van der Waals surface area contributed by atoms with Gasteiger partial charge in [0.2, 0.25) is 0 Å². The van der Waals surface area contributed by atoms with Crippen LogP contribution < -0.4 is 4.90 Å². The third-order valence-corrected chi connectivity index (χ3v) is 13.0. The first-order valence-corrected chi connectivity index (χ1v) is 21.7. The van der Waals surface area contributed by atoms with Gasteiger partial charge in [-0.2, -0.15) is 0 Å². The minimum atomic E-state index is -0.471. The highest BCUT2D eigenvalue weighted by molar-refractivity contribution is 6.06. The number of anilines is 3. The quantitative estimate of drug-likeness (QED) is 0.152. The Hall–Kier alpha value is -8.20. The monoisotopic (exact) mass is 803 g/mol. The molecule has 0 N–H and O–H groups in total. The second kappa shape index (κ2) is 15.1. The molecule has 10 aromatic carbocycles. The molecule has 0 bridgehead atoms. The molecule has 0 unspecified atom stereocenters. The van der Waals surface area contributed by atoms with E-state index in [-0.39, 0.29) is 0 Å². The second-order valence-corrected chi connectivity index (χ2v) is 16.4. The lowest BCUT2D eigenvalue weighted by Gasteiger charge is -2.34. The van der Waals surface area contributed by atoms with Crippen molar-refractivity contribution in [1.82, 2.24) is 0 Å². The molecule has 0 amide bonds. The van der Waals surface area contributed by atoms with E-state index in [9.17, 15) is 0 Å². The van der Waals surface area contributed by atoms with E-state index in [1.54, 1.807) is 0 Å². The number of fused-ring (bicyclic) bond motifs is 6. The molecule has 0 radical (unpaired) electrons. The highest BCUT2D eigenvalue weighted by Gasteiger charge is 2.45. The van der Waals surface area contributed by atoms with Gasteiger partial charge in [0.1, 0.15) is 11.2 Å². The lowest BCUT2D eigenvalue weighted by atomic mass is 9.68. The Kier molecular flexibility index (Phi) is 8.76. The van der Waals surface area contributed by atoms with E-state index in [2.05, 4.69) is 241 Å². The van der Waals surface area contributed by atoms with Gasteiger partial charge in [-0.1, -0.05) is 194 Å². The van der Waals surface area contributed by atoms with E-state index in [1.807, 2.05) is 12.1 Å². The Bertz CT molecular complexity index is 3390. The summed E-state index contributed by atoms with van der Waals surface area (Å²) in [4.78, 5) is 2.39. The molecule has 0 aliphatic heterocycles. The van der Waals surface area contributed by atoms with Crippen LogP contribution in [0.25, 0.3) is 66.4 Å². The third-order valence-electron chi connectivity index (χ3n) is 13.0. The molecule has 1 aromatic heterocycles. The van der Waals surface area contributed by atoms with Gasteiger partial charge in [-0.25, -0.2) is 0 Å². The zero-order valence-corrected chi connectivity index (χ0v) is 34.5. The predicted octanol–water partition coefficient (Wildman–Crippen LogP) is 16.4. The van der Waals surface area contributed by atoms with Crippen molar-refractivity contribution in [2.75, 3.05) is 4.90 Å². The highest BCUT2D eigenvalue weighted by Crippen LogP contribution is 2.56. The van der Waals surface area contributed by atoms with Gasteiger partial charge in [0.15, 0.2) is 0 Å². The van der Waals surface area contributed by atoms with Crippen molar-refractivity contribution in [2.24, 2.45) is 0 Å². The van der Waals surface area contributed by atoms with Gasteiger partial charge in [-0.15, -0.1) is 0 Å². The van der Waals surface area contributed by atoms with E-state index in [1.165, 1.54) is 55.6 Å². The molecule has 2 nitrogen and oxygen atoms in total. The summed E-state index contributed by atoms with van der Waals surface area (Å²) in [5.41, 5.74) is 19.3. The summed E-state index contributed by atoms with van der Waals surface area (Å²) in [5.74, 6) is 0. The molecular formula is C61H41NO. The summed E-state index contributed by atoms with van der Waals surface area (Å²) in [7, 11) is 0. The van der Waals surface area contributed by atoms with Crippen molar-refractivity contribution in [3.8, 4) is 44.5 Å². The summed E-state index contributed by atoms with van der Waals surface area (Å²) in [6, 6.07) is 90.3. The molecule has 1 aliphatic rings. The smallest absolute Gasteiger partial charge is 0.135 e. The van der Waals surface area contributed by atoms with Crippen molar-refractivity contribution in [3.05, 3.63) is 271 Å². The maximum absolute atomic E-state index is 6.21. The molecule has 0 saturated heterocycles. The number of rotatable bonds is 8. The fraction of sp³-hybridized carbons (Fsp3) is 0.0164. The fourth-order valence-corrected chi connectivity index (χ4v) is 10.1. The van der Waals surface area contributed by atoms with Gasteiger partial charge in [-0.05, 0) is 121 Å². The van der Waals surface area contributed by atoms with Crippen LogP contribution in [0.15, 0.2) is 253 Å². The lowest BCUT2D eigenvalue weighted by molar-refractivity contribution is 0.669. The average molecular weight is 804 g/mol. The summed E-state index contributed by atoms with van der Waals surface area (Å²) < 4.78 is 6.21. The van der Waals surface area contributed by atoms with Crippen LogP contribution >= 0.6 is 0 Å². The third kappa shape index (κ3) is 6.02. The molecule has 296 valence electrons. The van der Waals surface area contributed by atoms with Crippen molar-refractivity contribution >= 4 is 39.0 Å². The standard InChI is InChI=1S/C61H41NO/c1-3-16-42(17-4-1)51-22-7-8-23-52(51)43-30-35-48(36-31-43)62(50-21-15-18-44(40-50)45-32-39-60-56(41-45)55-26-11-14-29-59(55)63-60)49-37-33-47(34-38-49)61(46-19-5-2-6-20-46)57-27-12-9-24-53(57)54-25-10-13-28-58(54)61/h1-41H. The Morgan fingerprint density at radius 1 is 0.286 bits per heavy atom. The molecule has 0 spiro atoms. The van der Waals surface area contributed by atoms with Gasteiger partial charge >= 0.3 is 0 Å². The zero-order chi connectivity index (χ0) is 41.7. The topological polar surface area (TPSA) is 16.4 Å². The van der Waals surface area contributed by atoms with E-state index < -0.39 is 5.41 Å². The van der Waals surface area contributed by atoms with Gasteiger partial charge in [0.05, 0.1) is 5.41 Å². The SMILES string of the molecule is c1ccc(-c2ccccc2-c2ccc(N(c3ccc(C4(c5ccccc5)c5ccccc5-c5ccccc54)cc3)c3cccc(-c4ccc5oc6ccccc6c5c4)c3)cc2)cc1. The van der Waals surface area contributed by atoms with Crippen LogP contribution in [0, 0.1) is 0 Å². The number of benzene rings is 10. The van der Waals surface area contributed by atoms with E-state index in [0.717, 1.165) is 50.1 Å². The van der Waals surface area contributed by atoms with Crippen molar-refractivity contribution in [1.29, 1.82) is 0 Å². The van der Waals surface area contributed by atoms with Crippen molar-refractivity contribution in [2.45, 2.75) is 5.41 Å². The first-order chi connectivity index (χ1) is 31.2. The van der Waals surface area contributed by atoms with Gasteiger partial charge in [0, 0.05) is 27.8 Å². The molecule has 0 fully saturated rings. The van der Waals surface area contributed by atoms with E-state index in [4.69, 9.17) is 4.42 Å². The van der Waals surface area contributed by atoms with Crippen LogP contribution in [0.3, 0.4) is 0 Å². The summed E-state index contributed by atoms with van der Waals surface area (Å²) in [5, 5.41) is 2.25. The molecule has 12 rings (SSSR count). The van der Waals surface area contributed by atoms with Crippen molar-refractivity contribution < 1.29 is 4.42 Å². The molecule has 0 atom stereocenters. The lowest BCUT2D eigenvalue weighted by Crippen LogP contribution is -2.28.